The molecular formula is C15H21ClN2O2. The van der Waals surface area contributed by atoms with Gasteiger partial charge in [0, 0.05) is 12.6 Å². The molecule has 2 unspecified atom stereocenters. The molecule has 4 nitrogen and oxygen atoms in total. The molecule has 1 aromatic carbocycles. The molecule has 0 spiro atoms. The standard InChI is InChI=1S/C15H21ClN2O2/c1-9-3-6-12(16)14(7-9)20-10(2)15(19)18-8-13(17)11-4-5-11/h3,6-7,10-11,13H,4-5,8,17H2,1-2H3,(H,18,19). The van der Waals surface area contributed by atoms with E-state index in [0.29, 0.717) is 23.2 Å². The predicted octanol–water partition coefficient (Wildman–Crippen LogP) is 2.27. The number of ether oxygens (including phenoxy) is 1. The summed E-state index contributed by atoms with van der Waals surface area (Å²) in [5.74, 6) is 0.928. The van der Waals surface area contributed by atoms with Crippen molar-refractivity contribution in [2.45, 2.75) is 38.8 Å². The molecule has 20 heavy (non-hydrogen) atoms. The minimum absolute atomic E-state index is 0.0497. The first-order chi connectivity index (χ1) is 9.47. The molecule has 3 N–H and O–H groups in total. The molecule has 0 aliphatic heterocycles. The van der Waals surface area contributed by atoms with Crippen LogP contribution in [0.3, 0.4) is 0 Å². The van der Waals surface area contributed by atoms with Gasteiger partial charge >= 0.3 is 0 Å². The highest BCUT2D eigenvalue weighted by atomic mass is 35.5. The molecule has 0 radical (unpaired) electrons. The number of nitrogens with one attached hydrogen (secondary N) is 1. The Kier molecular flexibility index (Phi) is 4.89. The van der Waals surface area contributed by atoms with Gasteiger partial charge in [-0.15, -0.1) is 0 Å². The first kappa shape index (κ1) is 15.1. The van der Waals surface area contributed by atoms with E-state index < -0.39 is 6.10 Å². The van der Waals surface area contributed by atoms with Crippen molar-refractivity contribution < 1.29 is 9.53 Å². The number of nitrogens with two attached hydrogens (primary N) is 1. The summed E-state index contributed by atoms with van der Waals surface area (Å²) in [4.78, 5) is 12.0. The Morgan fingerprint density at radius 3 is 2.90 bits per heavy atom. The zero-order valence-electron chi connectivity index (χ0n) is 11.9. The molecule has 2 rings (SSSR count). The zero-order chi connectivity index (χ0) is 14.7. The summed E-state index contributed by atoms with van der Waals surface area (Å²) in [7, 11) is 0. The van der Waals surface area contributed by atoms with E-state index in [0.717, 1.165) is 5.56 Å². The Morgan fingerprint density at radius 1 is 1.55 bits per heavy atom. The van der Waals surface area contributed by atoms with Gasteiger partial charge in [-0.1, -0.05) is 17.7 Å². The summed E-state index contributed by atoms with van der Waals surface area (Å²) in [6.45, 7) is 4.15. The summed E-state index contributed by atoms with van der Waals surface area (Å²) in [6.07, 6.45) is 1.74. The molecule has 0 heterocycles. The van der Waals surface area contributed by atoms with Crippen LogP contribution in [0.25, 0.3) is 0 Å². The molecule has 1 saturated carbocycles. The fraction of sp³-hybridized carbons (Fsp3) is 0.533. The normalized spacial score (nSPS) is 17.4. The van der Waals surface area contributed by atoms with Crippen LogP contribution < -0.4 is 15.8 Å². The number of hydrogen-bond acceptors (Lipinski definition) is 3. The first-order valence-corrected chi connectivity index (χ1v) is 7.31. The molecule has 5 heteroatoms. The highest BCUT2D eigenvalue weighted by Crippen LogP contribution is 2.31. The minimum Gasteiger partial charge on any atom is -0.479 e. The Balaban J connectivity index is 1.85. The topological polar surface area (TPSA) is 64.3 Å². The third-order valence-corrected chi connectivity index (χ3v) is 3.81. The SMILES string of the molecule is Cc1ccc(Cl)c(OC(C)C(=O)NCC(N)C2CC2)c1. The lowest BCUT2D eigenvalue weighted by Gasteiger charge is -2.17. The van der Waals surface area contributed by atoms with Crippen molar-refractivity contribution in [2.75, 3.05) is 6.54 Å². The molecule has 0 saturated heterocycles. The zero-order valence-corrected chi connectivity index (χ0v) is 12.6. The molecule has 1 amide bonds. The second-order valence-electron chi connectivity index (χ2n) is 5.44. The Labute approximate surface area is 124 Å². The highest BCUT2D eigenvalue weighted by Gasteiger charge is 2.29. The van der Waals surface area contributed by atoms with Crippen LogP contribution in [0.4, 0.5) is 0 Å². The van der Waals surface area contributed by atoms with Gasteiger partial charge in [0.1, 0.15) is 5.75 Å². The first-order valence-electron chi connectivity index (χ1n) is 6.93. The molecule has 1 fully saturated rings. The highest BCUT2D eigenvalue weighted by molar-refractivity contribution is 6.32. The van der Waals surface area contributed by atoms with Crippen molar-refractivity contribution in [1.82, 2.24) is 5.32 Å². The third kappa shape index (κ3) is 4.12. The Bertz CT molecular complexity index is 489. The monoisotopic (exact) mass is 296 g/mol. The fourth-order valence-corrected chi connectivity index (χ4v) is 2.16. The molecule has 110 valence electrons. The van der Waals surface area contributed by atoms with E-state index in [9.17, 15) is 4.79 Å². The number of rotatable bonds is 6. The van der Waals surface area contributed by atoms with Gasteiger partial charge < -0.3 is 15.8 Å². The van der Waals surface area contributed by atoms with Crippen LogP contribution in [0.1, 0.15) is 25.3 Å². The number of carbonyl (C=O) groups is 1. The van der Waals surface area contributed by atoms with E-state index in [1.54, 1.807) is 13.0 Å². The summed E-state index contributed by atoms with van der Waals surface area (Å²) < 4.78 is 5.61. The Hall–Kier alpha value is -1.26. The second-order valence-corrected chi connectivity index (χ2v) is 5.85. The van der Waals surface area contributed by atoms with Gasteiger partial charge in [-0.05, 0) is 50.3 Å². The van der Waals surface area contributed by atoms with Gasteiger partial charge in [0.25, 0.3) is 5.91 Å². The molecule has 1 aliphatic carbocycles. The Morgan fingerprint density at radius 2 is 2.25 bits per heavy atom. The van der Waals surface area contributed by atoms with E-state index in [1.165, 1.54) is 12.8 Å². The van der Waals surface area contributed by atoms with Crippen LogP contribution in [0.2, 0.25) is 5.02 Å². The maximum atomic E-state index is 12.0. The molecular weight excluding hydrogens is 276 g/mol. The van der Waals surface area contributed by atoms with E-state index >= 15 is 0 Å². The van der Waals surface area contributed by atoms with Crippen molar-refractivity contribution in [1.29, 1.82) is 0 Å². The number of carbonyl (C=O) groups excluding carboxylic acids is 1. The van der Waals surface area contributed by atoms with Crippen LogP contribution >= 0.6 is 11.6 Å². The molecule has 0 aromatic heterocycles. The second kappa shape index (κ2) is 6.46. The van der Waals surface area contributed by atoms with Gasteiger partial charge in [-0.2, -0.15) is 0 Å². The maximum absolute atomic E-state index is 12.0. The molecule has 0 bridgehead atoms. The molecule has 1 aromatic rings. The van der Waals surface area contributed by atoms with Crippen molar-refractivity contribution in [3.05, 3.63) is 28.8 Å². The van der Waals surface area contributed by atoms with Gasteiger partial charge in [0.15, 0.2) is 6.10 Å². The number of halogens is 1. The van der Waals surface area contributed by atoms with E-state index in [2.05, 4.69) is 5.32 Å². The third-order valence-electron chi connectivity index (χ3n) is 3.50. The smallest absolute Gasteiger partial charge is 0.260 e. The average Bonchev–Trinajstić information content (AvgIpc) is 3.24. The summed E-state index contributed by atoms with van der Waals surface area (Å²) in [5, 5.41) is 3.33. The van der Waals surface area contributed by atoms with Crippen LogP contribution in [0.15, 0.2) is 18.2 Å². The van der Waals surface area contributed by atoms with E-state index in [1.807, 2.05) is 19.1 Å². The lowest BCUT2D eigenvalue weighted by Crippen LogP contribution is -2.43. The van der Waals surface area contributed by atoms with Crippen molar-refractivity contribution in [3.8, 4) is 5.75 Å². The van der Waals surface area contributed by atoms with Crippen LogP contribution in [0.5, 0.6) is 5.75 Å². The summed E-state index contributed by atoms with van der Waals surface area (Å²) in [5.41, 5.74) is 6.98. The van der Waals surface area contributed by atoms with Gasteiger partial charge in [0.2, 0.25) is 0 Å². The van der Waals surface area contributed by atoms with Crippen molar-refractivity contribution in [2.24, 2.45) is 11.7 Å². The summed E-state index contributed by atoms with van der Waals surface area (Å²) >= 11 is 6.05. The van der Waals surface area contributed by atoms with Gasteiger partial charge in [-0.25, -0.2) is 0 Å². The maximum Gasteiger partial charge on any atom is 0.260 e. The average molecular weight is 297 g/mol. The summed E-state index contributed by atoms with van der Waals surface area (Å²) in [6, 6.07) is 5.53. The van der Waals surface area contributed by atoms with Crippen LogP contribution in [0, 0.1) is 12.8 Å². The lowest BCUT2D eigenvalue weighted by molar-refractivity contribution is -0.127. The minimum atomic E-state index is -0.597. The lowest BCUT2D eigenvalue weighted by atomic mass is 10.2. The van der Waals surface area contributed by atoms with Crippen molar-refractivity contribution in [3.63, 3.8) is 0 Å². The van der Waals surface area contributed by atoms with Gasteiger partial charge in [0.05, 0.1) is 5.02 Å². The molecule has 2 atom stereocenters. The van der Waals surface area contributed by atoms with E-state index in [-0.39, 0.29) is 11.9 Å². The molecule has 1 aliphatic rings. The number of aryl methyl sites for hydroxylation is 1. The number of amides is 1. The largest absolute Gasteiger partial charge is 0.479 e. The fourth-order valence-electron chi connectivity index (χ4n) is 2.00. The van der Waals surface area contributed by atoms with Crippen molar-refractivity contribution >= 4 is 17.5 Å². The number of hydrogen-bond donors (Lipinski definition) is 2. The quantitative estimate of drug-likeness (QED) is 0.846. The van der Waals surface area contributed by atoms with Crippen LogP contribution in [-0.4, -0.2) is 24.6 Å². The van der Waals surface area contributed by atoms with Crippen LogP contribution in [-0.2, 0) is 4.79 Å². The number of benzene rings is 1. The predicted molar refractivity (Wildman–Crippen MR) is 80.0 cm³/mol. The van der Waals surface area contributed by atoms with E-state index in [4.69, 9.17) is 22.1 Å². The van der Waals surface area contributed by atoms with Gasteiger partial charge in [-0.3, -0.25) is 4.79 Å².